The predicted octanol–water partition coefficient (Wildman–Crippen LogP) is 2.32. The van der Waals surface area contributed by atoms with Crippen LogP contribution in [0.15, 0.2) is 0 Å². The van der Waals surface area contributed by atoms with Crippen LogP contribution in [0.4, 0.5) is 4.79 Å². The monoisotopic (exact) mass is 270 g/mol. The van der Waals surface area contributed by atoms with Gasteiger partial charge in [0.05, 0.1) is 0 Å². The maximum atomic E-state index is 12.0. The molecule has 0 bridgehead atoms. The van der Waals surface area contributed by atoms with Gasteiger partial charge in [-0.1, -0.05) is 33.6 Å². The van der Waals surface area contributed by atoms with Crippen LogP contribution in [0.3, 0.4) is 0 Å². The van der Waals surface area contributed by atoms with Crippen LogP contribution in [-0.2, 0) is 4.79 Å². The lowest BCUT2D eigenvalue weighted by Crippen LogP contribution is -2.53. The highest BCUT2D eigenvalue weighted by molar-refractivity contribution is 5.83. The second-order valence-electron chi connectivity index (χ2n) is 6.62. The van der Waals surface area contributed by atoms with Crippen molar-refractivity contribution in [1.82, 2.24) is 10.2 Å². The maximum Gasteiger partial charge on any atom is 0.326 e. The summed E-state index contributed by atoms with van der Waals surface area (Å²) in [7, 11) is 1.73. The Balaban J connectivity index is 2.53. The van der Waals surface area contributed by atoms with E-state index < -0.39 is 17.4 Å². The Kier molecular flexibility index (Phi) is 5.20. The molecule has 0 aromatic rings. The Morgan fingerprint density at radius 2 is 1.84 bits per heavy atom. The minimum absolute atomic E-state index is 0.297. The summed E-state index contributed by atoms with van der Waals surface area (Å²) in [5.74, 6) is -0.427. The molecular weight excluding hydrogens is 244 g/mol. The number of carboxylic acids is 1. The first-order valence-electron chi connectivity index (χ1n) is 6.96. The molecule has 2 N–H and O–H groups in total. The Hall–Kier alpha value is -1.26. The van der Waals surface area contributed by atoms with Crippen LogP contribution in [0.25, 0.3) is 0 Å². The molecule has 1 fully saturated rings. The van der Waals surface area contributed by atoms with E-state index >= 15 is 0 Å². The highest BCUT2D eigenvalue weighted by Gasteiger charge is 2.33. The van der Waals surface area contributed by atoms with Crippen molar-refractivity contribution in [1.29, 1.82) is 0 Å². The fraction of sp³-hybridized carbons (Fsp3) is 0.857. The van der Waals surface area contributed by atoms with Crippen molar-refractivity contribution >= 4 is 12.0 Å². The average Bonchev–Trinajstić information content (AvgIpc) is 2.75. The van der Waals surface area contributed by atoms with Gasteiger partial charge < -0.3 is 15.3 Å². The number of hydrogen-bond donors (Lipinski definition) is 2. The summed E-state index contributed by atoms with van der Waals surface area (Å²) in [6.07, 6.45) is 4.80. The van der Waals surface area contributed by atoms with Crippen LogP contribution in [-0.4, -0.2) is 41.6 Å². The highest BCUT2D eigenvalue weighted by atomic mass is 16.4. The van der Waals surface area contributed by atoms with Crippen molar-refractivity contribution < 1.29 is 14.7 Å². The molecule has 0 aromatic heterocycles. The molecule has 1 atom stereocenters. The smallest absolute Gasteiger partial charge is 0.326 e. The molecule has 110 valence electrons. The minimum Gasteiger partial charge on any atom is -0.480 e. The third-order valence-electron chi connectivity index (χ3n) is 3.73. The standard InChI is InChI=1S/C14H26N2O3/c1-14(2,3)11(12(17)18)15-13(19)16(4)9-10-7-5-6-8-10/h10-11H,5-9H2,1-4H3,(H,15,19)(H,17,18)/t11-/m0/s1. The van der Waals surface area contributed by atoms with Crippen molar-refractivity contribution in [2.45, 2.75) is 52.5 Å². The highest BCUT2D eigenvalue weighted by Crippen LogP contribution is 2.25. The Morgan fingerprint density at radius 1 is 1.32 bits per heavy atom. The van der Waals surface area contributed by atoms with E-state index in [4.69, 9.17) is 0 Å². The molecule has 1 aliphatic carbocycles. The first-order valence-corrected chi connectivity index (χ1v) is 6.96. The number of rotatable bonds is 4. The van der Waals surface area contributed by atoms with Gasteiger partial charge in [-0.3, -0.25) is 0 Å². The number of aliphatic carboxylic acids is 1. The number of hydrogen-bond acceptors (Lipinski definition) is 2. The summed E-state index contributed by atoms with van der Waals surface area (Å²) >= 11 is 0. The van der Waals surface area contributed by atoms with Gasteiger partial charge in [-0.05, 0) is 24.2 Å². The lowest BCUT2D eigenvalue weighted by molar-refractivity contribution is -0.142. The zero-order valence-electron chi connectivity index (χ0n) is 12.4. The zero-order valence-corrected chi connectivity index (χ0v) is 12.4. The largest absolute Gasteiger partial charge is 0.480 e. The van der Waals surface area contributed by atoms with Crippen molar-refractivity contribution in [3.05, 3.63) is 0 Å². The Morgan fingerprint density at radius 3 is 2.26 bits per heavy atom. The molecule has 5 heteroatoms. The fourth-order valence-corrected chi connectivity index (χ4v) is 2.55. The van der Waals surface area contributed by atoms with Gasteiger partial charge >= 0.3 is 12.0 Å². The summed E-state index contributed by atoms with van der Waals surface area (Å²) in [6.45, 7) is 6.14. The van der Waals surface area contributed by atoms with Gasteiger partial charge in [-0.2, -0.15) is 0 Å². The van der Waals surface area contributed by atoms with Gasteiger partial charge in [0.25, 0.3) is 0 Å². The molecule has 0 spiro atoms. The van der Waals surface area contributed by atoms with Crippen LogP contribution in [0.5, 0.6) is 0 Å². The molecular formula is C14H26N2O3. The lowest BCUT2D eigenvalue weighted by atomic mass is 9.87. The summed E-state index contributed by atoms with van der Waals surface area (Å²) in [5, 5.41) is 11.8. The fourth-order valence-electron chi connectivity index (χ4n) is 2.55. The summed E-state index contributed by atoms with van der Waals surface area (Å²) < 4.78 is 0. The topological polar surface area (TPSA) is 69.6 Å². The van der Waals surface area contributed by atoms with E-state index in [1.165, 1.54) is 25.7 Å². The van der Waals surface area contributed by atoms with E-state index in [1.54, 1.807) is 11.9 Å². The second-order valence-corrected chi connectivity index (χ2v) is 6.62. The van der Waals surface area contributed by atoms with Crippen molar-refractivity contribution in [2.75, 3.05) is 13.6 Å². The van der Waals surface area contributed by atoms with Gasteiger partial charge in [-0.25, -0.2) is 9.59 Å². The first-order chi connectivity index (χ1) is 8.71. The first kappa shape index (κ1) is 15.8. The van der Waals surface area contributed by atoms with E-state index in [0.717, 1.165) is 0 Å². The van der Waals surface area contributed by atoms with E-state index in [1.807, 2.05) is 20.8 Å². The van der Waals surface area contributed by atoms with Gasteiger partial charge in [0.15, 0.2) is 0 Å². The molecule has 0 unspecified atom stereocenters. The normalized spacial score (nSPS) is 18.1. The van der Waals surface area contributed by atoms with Crippen molar-refractivity contribution in [3.8, 4) is 0 Å². The number of amides is 2. The van der Waals surface area contributed by atoms with Gasteiger partial charge in [-0.15, -0.1) is 0 Å². The van der Waals surface area contributed by atoms with Crippen LogP contribution >= 0.6 is 0 Å². The molecule has 1 aliphatic rings. The molecule has 0 aromatic carbocycles. The molecule has 19 heavy (non-hydrogen) atoms. The number of nitrogens with zero attached hydrogens (tertiary/aromatic N) is 1. The quantitative estimate of drug-likeness (QED) is 0.823. The number of carbonyl (C=O) groups is 2. The van der Waals surface area contributed by atoms with Crippen LogP contribution < -0.4 is 5.32 Å². The average molecular weight is 270 g/mol. The van der Waals surface area contributed by atoms with Gasteiger partial charge in [0, 0.05) is 13.6 Å². The SMILES string of the molecule is CN(CC1CCCC1)C(=O)N[C@@H](C(=O)O)C(C)(C)C. The summed E-state index contributed by atoms with van der Waals surface area (Å²) in [5.41, 5.74) is -0.504. The third-order valence-corrected chi connectivity index (χ3v) is 3.73. The third kappa shape index (κ3) is 4.73. The van der Waals surface area contributed by atoms with E-state index in [-0.39, 0.29) is 6.03 Å². The predicted molar refractivity (Wildman–Crippen MR) is 74.0 cm³/mol. The van der Waals surface area contributed by atoms with E-state index in [9.17, 15) is 14.7 Å². The number of urea groups is 1. The molecule has 2 amide bonds. The van der Waals surface area contributed by atoms with Crippen LogP contribution in [0.2, 0.25) is 0 Å². The maximum absolute atomic E-state index is 12.0. The van der Waals surface area contributed by atoms with Gasteiger partial charge in [0.2, 0.25) is 0 Å². The second kappa shape index (κ2) is 6.26. The molecule has 1 rings (SSSR count). The number of nitrogens with one attached hydrogen (secondary N) is 1. The number of carbonyl (C=O) groups excluding carboxylic acids is 1. The molecule has 0 heterocycles. The lowest BCUT2D eigenvalue weighted by Gasteiger charge is -2.30. The summed E-state index contributed by atoms with van der Waals surface area (Å²) in [4.78, 5) is 24.9. The molecule has 0 aliphatic heterocycles. The minimum atomic E-state index is -0.991. The molecule has 5 nitrogen and oxygen atoms in total. The number of carboxylic acid groups (broad SMARTS) is 1. The molecule has 1 saturated carbocycles. The van der Waals surface area contributed by atoms with Crippen molar-refractivity contribution in [2.24, 2.45) is 11.3 Å². The zero-order chi connectivity index (χ0) is 14.6. The van der Waals surface area contributed by atoms with Crippen molar-refractivity contribution in [3.63, 3.8) is 0 Å². The Labute approximate surface area is 115 Å². The van der Waals surface area contributed by atoms with Crippen LogP contribution in [0, 0.1) is 11.3 Å². The van der Waals surface area contributed by atoms with E-state index in [0.29, 0.717) is 12.5 Å². The Bertz CT molecular complexity index is 330. The van der Waals surface area contributed by atoms with Crippen LogP contribution in [0.1, 0.15) is 46.5 Å². The van der Waals surface area contributed by atoms with E-state index in [2.05, 4.69) is 5.32 Å². The molecule has 0 radical (unpaired) electrons. The summed E-state index contributed by atoms with van der Waals surface area (Å²) in [6, 6.07) is -1.17. The van der Waals surface area contributed by atoms with Gasteiger partial charge in [0.1, 0.15) is 6.04 Å². The molecule has 0 saturated heterocycles.